The average molecular weight is 363 g/mol. The summed E-state index contributed by atoms with van der Waals surface area (Å²) in [5.74, 6) is 0.715. The Morgan fingerprint density at radius 1 is 0.750 bits per heavy atom. The standard InChI is InChI=1S/C28H26/c1-20-7-2-3-10-23(20)17-21-8-6-11-24(18-21)25-15-16-28-26(19-25)14-13-22-9-4-5-12-27(22)28/h4-9,11-16,18-19,23H,2-3,10,17H2,1H3. The number of hydrogen-bond acceptors (Lipinski definition) is 0. The van der Waals surface area contributed by atoms with Crippen molar-refractivity contribution in [3.63, 3.8) is 0 Å². The largest absolute Gasteiger partial charge is 0.0853 e. The second kappa shape index (κ2) is 7.28. The molecule has 1 aliphatic rings. The van der Waals surface area contributed by atoms with Crippen LogP contribution >= 0.6 is 0 Å². The van der Waals surface area contributed by atoms with Crippen LogP contribution < -0.4 is 0 Å². The second-order valence-electron chi connectivity index (χ2n) is 8.20. The van der Waals surface area contributed by atoms with Gasteiger partial charge in [-0.2, -0.15) is 0 Å². The predicted molar refractivity (Wildman–Crippen MR) is 122 cm³/mol. The van der Waals surface area contributed by atoms with Crippen LogP contribution in [0.15, 0.2) is 90.5 Å². The van der Waals surface area contributed by atoms with E-state index in [0.717, 1.165) is 6.42 Å². The second-order valence-corrected chi connectivity index (χ2v) is 8.20. The number of hydrogen-bond donors (Lipinski definition) is 0. The van der Waals surface area contributed by atoms with Gasteiger partial charge in [-0.25, -0.2) is 0 Å². The normalized spacial score (nSPS) is 17.0. The van der Waals surface area contributed by atoms with Gasteiger partial charge in [-0.05, 0) is 82.8 Å². The summed E-state index contributed by atoms with van der Waals surface area (Å²) in [7, 11) is 0. The van der Waals surface area contributed by atoms with E-state index in [-0.39, 0.29) is 0 Å². The molecule has 1 unspecified atom stereocenters. The molecule has 0 nitrogen and oxygen atoms in total. The van der Waals surface area contributed by atoms with Gasteiger partial charge in [-0.3, -0.25) is 0 Å². The van der Waals surface area contributed by atoms with Crippen molar-refractivity contribution < 1.29 is 0 Å². The molecule has 0 heteroatoms. The van der Waals surface area contributed by atoms with Gasteiger partial charge in [0.1, 0.15) is 0 Å². The summed E-state index contributed by atoms with van der Waals surface area (Å²) in [6.07, 6.45) is 7.52. The summed E-state index contributed by atoms with van der Waals surface area (Å²) in [6.45, 7) is 2.31. The lowest BCUT2D eigenvalue weighted by Gasteiger charge is -2.22. The molecule has 0 saturated heterocycles. The number of benzene rings is 4. The first-order chi connectivity index (χ1) is 13.8. The van der Waals surface area contributed by atoms with Crippen molar-refractivity contribution in [2.45, 2.75) is 32.6 Å². The fraction of sp³-hybridized carbons (Fsp3) is 0.214. The quantitative estimate of drug-likeness (QED) is 0.256. The van der Waals surface area contributed by atoms with Gasteiger partial charge in [0.2, 0.25) is 0 Å². The minimum Gasteiger partial charge on any atom is -0.0853 e. The van der Waals surface area contributed by atoms with E-state index in [2.05, 4.69) is 91.9 Å². The highest BCUT2D eigenvalue weighted by atomic mass is 14.2. The van der Waals surface area contributed by atoms with Gasteiger partial charge in [-0.1, -0.05) is 84.4 Å². The smallest absolute Gasteiger partial charge is 0.0105 e. The summed E-state index contributed by atoms with van der Waals surface area (Å²) < 4.78 is 0. The van der Waals surface area contributed by atoms with E-state index in [1.807, 2.05) is 0 Å². The monoisotopic (exact) mass is 362 g/mol. The van der Waals surface area contributed by atoms with E-state index in [4.69, 9.17) is 0 Å². The highest BCUT2D eigenvalue weighted by Crippen LogP contribution is 2.32. The van der Waals surface area contributed by atoms with E-state index in [0.29, 0.717) is 5.92 Å². The lowest BCUT2D eigenvalue weighted by molar-refractivity contribution is 0.508. The molecule has 1 atom stereocenters. The molecule has 0 saturated carbocycles. The zero-order valence-corrected chi connectivity index (χ0v) is 16.5. The molecule has 0 N–H and O–H groups in total. The zero-order chi connectivity index (χ0) is 18.9. The highest BCUT2D eigenvalue weighted by Gasteiger charge is 2.15. The van der Waals surface area contributed by atoms with Crippen molar-refractivity contribution in [1.29, 1.82) is 0 Å². The predicted octanol–water partition coefficient (Wildman–Crippen LogP) is 7.95. The molecule has 0 aliphatic heterocycles. The summed E-state index contributed by atoms with van der Waals surface area (Å²) in [6, 6.07) is 29.2. The minimum atomic E-state index is 0.715. The fourth-order valence-electron chi connectivity index (χ4n) is 4.71. The maximum Gasteiger partial charge on any atom is -0.0105 e. The number of rotatable bonds is 3. The molecule has 5 rings (SSSR count). The molecule has 1 aliphatic carbocycles. The third-order valence-electron chi connectivity index (χ3n) is 6.35. The van der Waals surface area contributed by atoms with Crippen LogP contribution in [0.1, 0.15) is 31.7 Å². The van der Waals surface area contributed by atoms with Gasteiger partial charge in [0.25, 0.3) is 0 Å². The van der Waals surface area contributed by atoms with Gasteiger partial charge in [-0.15, -0.1) is 0 Å². The molecule has 0 bridgehead atoms. The molecule has 0 spiro atoms. The first kappa shape index (κ1) is 17.3. The molecule has 0 heterocycles. The zero-order valence-electron chi connectivity index (χ0n) is 16.5. The molecule has 4 aromatic carbocycles. The van der Waals surface area contributed by atoms with E-state index in [9.17, 15) is 0 Å². The Morgan fingerprint density at radius 3 is 2.50 bits per heavy atom. The van der Waals surface area contributed by atoms with Crippen LogP contribution in [0, 0.1) is 5.92 Å². The summed E-state index contributed by atoms with van der Waals surface area (Å²) in [5.41, 5.74) is 5.66. The van der Waals surface area contributed by atoms with Crippen LogP contribution in [0.25, 0.3) is 32.7 Å². The third kappa shape index (κ3) is 3.24. The molecular weight excluding hydrogens is 336 g/mol. The fourth-order valence-corrected chi connectivity index (χ4v) is 4.71. The SMILES string of the molecule is CC1=CCCCC1Cc1cccc(-c2ccc3c(ccc4ccccc43)c2)c1. The van der Waals surface area contributed by atoms with Crippen molar-refractivity contribution in [2.75, 3.05) is 0 Å². The molecule has 138 valence electrons. The van der Waals surface area contributed by atoms with Crippen molar-refractivity contribution in [1.82, 2.24) is 0 Å². The molecule has 0 fully saturated rings. The Labute approximate surface area is 167 Å². The summed E-state index contributed by atoms with van der Waals surface area (Å²) in [4.78, 5) is 0. The summed E-state index contributed by atoms with van der Waals surface area (Å²) >= 11 is 0. The van der Waals surface area contributed by atoms with Crippen LogP contribution in [-0.2, 0) is 6.42 Å². The molecular formula is C28H26. The molecule has 0 aromatic heterocycles. The van der Waals surface area contributed by atoms with Gasteiger partial charge >= 0.3 is 0 Å². The topological polar surface area (TPSA) is 0 Å². The van der Waals surface area contributed by atoms with Crippen LogP contribution in [0.5, 0.6) is 0 Å². The Kier molecular flexibility index (Phi) is 4.49. The van der Waals surface area contributed by atoms with Crippen molar-refractivity contribution >= 4 is 21.5 Å². The van der Waals surface area contributed by atoms with E-state index < -0.39 is 0 Å². The number of fused-ring (bicyclic) bond motifs is 3. The average Bonchev–Trinajstić information content (AvgIpc) is 2.75. The lowest BCUT2D eigenvalue weighted by Crippen LogP contribution is -2.09. The van der Waals surface area contributed by atoms with Gasteiger partial charge in [0, 0.05) is 0 Å². The maximum absolute atomic E-state index is 2.44. The van der Waals surface area contributed by atoms with Crippen LogP contribution in [0.2, 0.25) is 0 Å². The highest BCUT2D eigenvalue weighted by molar-refractivity contribution is 6.08. The van der Waals surface area contributed by atoms with Crippen LogP contribution in [-0.4, -0.2) is 0 Å². The minimum absolute atomic E-state index is 0.715. The number of allylic oxidation sites excluding steroid dienone is 2. The van der Waals surface area contributed by atoms with Crippen LogP contribution in [0.4, 0.5) is 0 Å². The van der Waals surface area contributed by atoms with Gasteiger partial charge < -0.3 is 0 Å². The van der Waals surface area contributed by atoms with Crippen molar-refractivity contribution in [3.8, 4) is 11.1 Å². The maximum atomic E-state index is 2.44. The lowest BCUT2D eigenvalue weighted by atomic mass is 9.83. The van der Waals surface area contributed by atoms with Gasteiger partial charge in [0.15, 0.2) is 0 Å². The Hall–Kier alpha value is -2.86. The molecule has 0 amide bonds. The van der Waals surface area contributed by atoms with E-state index in [1.165, 1.54) is 57.5 Å². The van der Waals surface area contributed by atoms with Crippen molar-refractivity contribution in [2.24, 2.45) is 5.92 Å². The first-order valence-corrected chi connectivity index (χ1v) is 10.5. The Bertz CT molecular complexity index is 1180. The van der Waals surface area contributed by atoms with E-state index >= 15 is 0 Å². The van der Waals surface area contributed by atoms with Crippen molar-refractivity contribution in [3.05, 3.63) is 96.1 Å². The Balaban J connectivity index is 1.50. The molecule has 4 aromatic rings. The Morgan fingerprint density at radius 2 is 1.57 bits per heavy atom. The van der Waals surface area contributed by atoms with Crippen LogP contribution in [0.3, 0.4) is 0 Å². The third-order valence-corrected chi connectivity index (χ3v) is 6.35. The molecule has 28 heavy (non-hydrogen) atoms. The van der Waals surface area contributed by atoms with Gasteiger partial charge in [0.05, 0.1) is 0 Å². The van der Waals surface area contributed by atoms with E-state index in [1.54, 1.807) is 5.57 Å². The molecule has 0 radical (unpaired) electrons. The summed E-state index contributed by atoms with van der Waals surface area (Å²) in [5, 5.41) is 5.29. The first-order valence-electron chi connectivity index (χ1n) is 10.5.